The summed E-state index contributed by atoms with van der Waals surface area (Å²) in [5.41, 5.74) is 2.30. The van der Waals surface area contributed by atoms with Gasteiger partial charge in [-0.25, -0.2) is 9.97 Å². The largest absolute Gasteiger partial charge is 0.437 e. The lowest BCUT2D eigenvalue weighted by Gasteiger charge is -2.04. The van der Waals surface area contributed by atoms with Crippen LogP contribution in [0.2, 0.25) is 0 Å². The monoisotopic (exact) mass is 320 g/mol. The Labute approximate surface area is 137 Å². The van der Waals surface area contributed by atoms with Crippen molar-refractivity contribution in [3.8, 4) is 22.8 Å². The number of benzene rings is 1. The zero-order valence-corrected chi connectivity index (χ0v) is 12.8. The maximum absolute atomic E-state index is 13.3. The van der Waals surface area contributed by atoms with Crippen molar-refractivity contribution in [2.45, 2.75) is 6.92 Å². The van der Waals surface area contributed by atoms with E-state index < -0.39 is 5.95 Å². The van der Waals surface area contributed by atoms with Crippen molar-refractivity contribution < 1.29 is 9.13 Å². The summed E-state index contributed by atoms with van der Waals surface area (Å²) in [4.78, 5) is 12.3. The minimum Gasteiger partial charge on any atom is -0.437 e. The summed E-state index contributed by atoms with van der Waals surface area (Å²) in [6.07, 6.45) is 4.94. The van der Waals surface area contributed by atoms with Crippen LogP contribution in [-0.2, 0) is 0 Å². The number of ether oxygens (including phenoxy) is 1. The molecule has 0 unspecified atom stereocenters. The number of para-hydroxylation sites is 1. The maximum atomic E-state index is 13.3. The van der Waals surface area contributed by atoms with Gasteiger partial charge < -0.3 is 4.74 Å². The Morgan fingerprint density at radius 3 is 2.67 bits per heavy atom. The van der Waals surface area contributed by atoms with Crippen LogP contribution in [-0.4, -0.2) is 19.4 Å². The van der Waals surface area contributed by atoms with E-state index in [4.69, 9.17) is 4.74 Å². The molecule has 4 rings (SSSR count). The third-order valence-electron chi connectivity index (χ3n) is 3.69. The molecule has 118 valence electrons. The summed E-state index contributed by atoms with van der Waals surface area (Å²) in [5.74, 6) is 1.20. The summed E-state index contributed by atoms with van der Waals surface area (Å²) in [5, 5.41) is 0. The van der Waals surface area contributed by atoms with Crippen molar-refractivity contribution in [1.29, 1.82) is 0 Å². The fraction of sp³-hybridized carbons (Fsp3) is 0.0556. The van der Waals surface area contributed by atoms with Gasteiger partial charge in [-0.3, -0.25) is 4.40 Å². The summed E-state index contributed by atoms with van der Waals surface area (Å²) < 4.78 is 21.0. The van der Waals surface area contributed by atoms with Crippen LogP contribution < -0.4 is 4.74 Å². The number of nitrogens with zero attached hydrogens (tertiary/aromatic N) is 4. The van der Waals surface area contributed by atoms with Gasteiger partial charge in [-0.1, -0.05) is 18.2 Å². The highest BCUT2D eigenvalue weighted by Gasteiger charge is 2.12. The molecule has 6 heteroatoms. The quantitative estimate of drug-likeness (QED) is 0.535. The van der Waals surface area contributed by atoms with Gasteiger partial charge >= 0.3 is 0 Å². The van der Waals surface area contributed by atoms with E-state index in [2.05, 4.69) is 15.0 Å². The molecule has 24 heavy (non-hydrogen) atoms. The highest BCUT2D eigenvalue weighted by molar-refractivity contribution is 5.62. The van der Waals surface area contributed by atoms with Crippen molar-refractivity contribution in [1.82, 2.24) is 19.4 Å². The second-order valence-corrected chi connectivity index (χ2v) is 5.30. The Bertz CT molecular complexity index is 1010. The molecule has 0 saturated heterocycles. The van der Waals surface area contributed by atoms with Crippen LogP contribution in [0, 0.1) is 12.9 Å². The average molecular weight is 320 g/mol. The van der Waals surface area contributed by atoms with Crippen LogP contribution >= 0.6 is 0 Å². The fourth-order valence-corrected chi connectivity index (χ4v) is 2.45. The molecule has 0 N–H and O–H groups in total. The van der Waals surface area contributed by atoms with E-state index in [9.17, 15) is 4.39 Å². The second-order valence-electron chi connectivity index (χ2n) is 5.30. The van der Waals surface area contributed by atoms with Crippen molar-refractivity contribution in [3.05, 3.63) is 72.7 Å². The van der Waals surface area contributed by atoms with Crippen LogP contribution in [0.1, 0.15) is 5.69 Å². The number of imidazole rings is 1. The van der Waals surface area contributed by atoms with Gasteiger partial charge in [0.2, 0.25) is 17.6 Å². The first-order valence-corrected chi connectivity index (χ1v) is 7.40. The molecular weight excluding hydrogens is 307 g/mol. The molecule has 0 amide bonds. The first-order valence-electron chi connectivity index (χ1n) is 7.40. The Hall–Kier alpha value is -3.28. The molecule has 0 spiro atoms. The van der Waals surface area contributed by atoms with E-state index in [1.54, 1.807) is 12.3 Å². The normalized spacial score (nSPS) is 10.9. The Balaban J connectivity index is 1.76. The topological polar surface area (TPSA) is 52.3 Å². The summed E-state index contributed by atoms with van der Waals surface area (Å²) in [7, 11) is 0. The molecule has 5 nitrogen and oxygen atoms in total. The third kappa shape index (κ3) is 2.58. The van der Waals surface area contributed by atoms with Gasteiger partial charge in [-0.2, -0.15) is 9.37 Å². The number of pyridine rings is 1. The Morgan fingerprint density at radius 2 is 1.88 bits per heavy atom. The van der Waals surface area contributed by atoms with Crippen LogP contribution in [0.4, 0.5) is 4.39 Å². The molecule has 0 atom stereocenters. The minimum absolute atomic E-state index is 0.492. The summed E-state index contributed by atoms with van der Waals surface area (Å²) in [6.45, 7) is 1.90. The summed E-state index contributed by atoms with van der Waals surface area (Å²) >= 11 is 0. The number of aryl methyl sites for hydroxylation is 1. The van der Waals surface area contributed by atoms with Crippen LogP contribution in [0.3, 0.4) is 0 Å². The lowest BCUT2D eigenvalue weighted by Crippen LogP contribution is -1.93. The molecule has 0 radical (unpaired) electrons. The molecule has 1 aromatic carbocycles. The van der Waals surface area contributed by atoms with Gasteiger partial charge in [0.15, 0.2) is 0 Å². The molecule has 4 aromatic rings. The molecule has 0 aliphatic heterocycles. The summed E-state index contributed by atoms with van der Waals surface area (Å²) in [6, 6.07) is 12.6. The van der Waals surface area contributed by atoms with Crippen LogP contribution in [0.25, 0.3) is 16.9 Å². The first kappa shape index (κ1) is 14.3. The van der Waals surface area contributed by atoms with E-state index >= 15 is 0 Å². The number of halogens is 1. The molecule has 3 heterocycles. The molecular formula is C18H13FN4O. The van der Waals surface area contributed by atoms with Gasteiger partial charge in [-0.15, -0.1) is 0 Å². The number of aromatic nitrogens is 4. The zero-order chi connectivity index (χ0) is 16.5. The van der Waals surface area contributed by atoms with E-state index in [-0.39, 0.29) is 0 Å². The SMILES string of the molecule is Cc1c(Oc2ccccc2)nc2ncc(-c3ccnc(F)c3)cn12. The predicted octanol–water partition coefficient (Wildman–Crippen LogP) is 4.03. The maximum Gasteiger partial charge on any atom is 0.242 e. The van der Waals surface area contributed by atoms with Crippen molar-refractivity contribution in [3.63, 3.8) is 0 Å². The van der Waals surface area contributed by atoms with Gasteiger partial charge in [0.1, 0.15) is 5.75 Å². The first-order chi connectivity index (χ1) is 11.7. The highest BCUT2D eigenvalue weighted by Crippen LogP contribution is 2.26. The Morgan fingerprint density at radius 1 is 1.04 bits per heavy atom. The molecule has 0 aliphatic rings. The number of hydrogen-bond donors (Lipinski definition) is 0. The molecule has 0 bridgehead atoms. The van der Waals surface area contributed by atoms with Crippen LogP contribution in [0.5, 0.6) is 11.6 Å². The lowest BCUT2D eigenvalue weighted by molar-refractivity contribution is 0.462. The molecule has 0 fully saturated rings. The molecule has 0 aliphatic carbocycles. The highest BCUT2D eigenvalue weighted by atomic mass is 19.1. The smallest absolute Gasteiger partial charge is 0.242 e. The molecule has 3 aromatic heterocycles. The molecule has 0 saturated carbocycles. The van der Waals surface area contributed by atoms with Crippen LogP contribution in [0.15, 0.2) is 61.1 Å². The fourth-order valence-electron chi connectivity index (χ4n) is 2.45. The number of fused-ring (bicyclic) bond motifs is 1. The Kier molecular flexibility index (Phi) is 3.42. The predicted molar refractivity (Wildman–Crippen MR) is 87.4 cm³/mol. The van der Waals surface area contributed by atoms with Crippen molar-refractivity contribution in [2.24, 2.45) is 0 Å². The van der Waals surface area contributed by atoms with E-state index in [0.717, 1.165) is 11.3 Å². The van der Waals surface area contributed by atoms with Gasteiger partial charge in [0.25, 0.3) is 0 Å². The van der Waals surface area contributed by atoms with Gasteiger partial charge in [0.05, 0.1) is 5.69 Å². The van der Waals surface area contributed by atoms with E-state index in [0.29, 0.717) is 23.0 Å². The average Bonchev–Trinajstić information content (AvgIpc) is 2.91. The standard InChI is InChI=1S/C18H13FN4O/c1-12-17(24-15-5-3-2-4-6-15)22-18-21-10-14(11-23(12)18)13-7-8-20-16(19)9-13/h2-11H,1H3. The van der Waals surface area contributed by atoms with Crippen molar-refractivity contribution >= 4 is 5.78 Å². The van der Waals surface area contributed by atoms with Gasteiger partial charge in [0, 0.05) is 30.2 Å². The minimum atomic E-state index is -0.525. The number of rotatable bonds is 3. The van der Waals surface area contributed by atoms with Crippen molar-refractivity contribution in [2.75, 3.05) is 0 Å². The van der Waals surface area contributed by atoms with E-state index in [1.807, 2.05) is 47.9 Å². The van der Waals surface area contributed by atoms with Gasteiger partial charge in [-0.05, 0) is 30.7 Å². The lowest BCUT2D eigenvalue weighted by atomic mass is 10.1. The van der Waals surface area contributed by atoms with E-state index in [1.165, 1.54) is 12.3 Å². The third-order valence-corrected chi connectivity index (χ3v) is 3.69. The number of hydrogen-bond acceptors (Lipinski definition) is 4. The second kappa shape index (κ2) is 5.73. The zero-order valence-electron chi connectivity index (χ0n) is 12.8.